The van der Waals surface area contributed by atoms with Crippen LogP contribution in [0.1, 0.15) is 31.0 Å². The Hall–Kier alpha value is -2.54. The monoisotopic (exact) mass is 413 g/mol. The second-order valence-corrected chi connectivity index (χ2v) is 6.95. The van der Waals surface area contributed by atoms with Gasteiger partial charge in [0.05, 0.1) is 6.04 Å². The van der Waals surface area contributed by atoms with E-state index in [1.165, 1.54) is 10.4 Å². The number of rotatable bonds is 6. The van der Waals surface area contributed by atoms with Gasteiger partial charge in [-0.15, -0.1) is 10.2 Å². The Kier molecular flexibility index (Phi) is 5.78. The first-order chi connectivity index (χ1) is 12.5. The maximum Gasteiger partial charge on any atom is 0.244 e. The molecule has 6 nitrogen and oxygen atoms in total. The molecule has 0 radical (unpaired) electrons. The largest absolute Gasteiger partial charge is 0.348 e. The third-order valence-electron chi connectivity index (χ3n) is 4.11. The van der Waals surface area contributed by atoms with Gasteiger partial charge in [-0.2, -0.15) is 4.80 Å². The molecule has 3 aromatic rings. The molecule has 26 heavy (non-hydrogen) atoms. The molecule has 0 bridgehead atoms. The molecule has 7 heteroatoms. The summed E-state index contributed by atoms with van der Waals surface area (Å²) in [5, 5.41) is 15.2. The van der Waals surface area contributed by atoms with Crippen LogP contribution >= 0.6 is 15.9 Å². The molecule has 0 spiro atoms. The van der Waals surface area contributed by atoms with Crippen LogP contribution in [0.25, 0.3) is 11.4 Å². The number of benzene rings is 2. The third-order valence-corrected chi connectivity index (χ3v) is 4.63. The number of hydrogen-bond acceptors (Lipinski definition) is 4. The normalized spacial score (nSPS) is 12.0. The summed E-state index contributed by atoms with van der Waals surface area (Å²) in [5.41, 5.74) is 3.20. The summed E-state index contributed by atoms with van der Waals surface area (Å²) in [7, 11) is 0. The standard InChI is InChI=1S/C19H20BrN5O/c1-3-14-4-6-15(7-5-14)13(2)21-18(26)12-25-23-19(22-24-25)16-8-10-17(20)11-9-16/h4-11,13H,3,12H2,1-2H3,(H,21,26)/t13-/m0/s1. The number of halogens is 1. The first-order valence-corrected chi connectivity index (χ1v) is 9.26. The van der Waals surface area contributed by atoms with Crippen molar-refractivity contribution in [3.8, 4) is 11.4 Å². The van der Waals surface area contributed by atoms with Gasteiger partial charge in [0.25, 0.3) is 0 Å². The molecule has 1 atom stereocenters. The number of amides is 1. The molecule has 134 valence electrons. The molecule has 0 aliphatic carbocycles. The number of hydrogen-bond donors (Lipinski definition) is 1. The average molecular weight is 414 g/mol. The lowest BCUT2D eigenvalue weighted by molar-refractivity contribution is -0.122. The molecule has 0 saturated carbocycles. The zero-order valence-electron chi connectivity index (χ0n) is 14.7. The van der Waals surface area contributed by atoms with Crippen LogP contribution in [0, 0.1) is 0 Å². The predicted molar refractivity (Wildman–Crippen MR) is 103 cm³/mol. The van der Waals surface area contributed by atoms with Crippen LogP contribution in [0.5, 0.6) is 0 Å². The highest BCUT2D eigenvalue weighted by Gasteiger charge is 2.12. The number of nitrogens with zero attached hydrogens (tertiary/aromatic N) is 4. The Morgan fingerprint density at radius 2 is 1.85 bits per heavy atom. The highest BCUT2D eigenvalue weighted by atomic mass is 79.9. The van der Waals surface area contributed by atoms with E-state index in [9.17, 15) is 4.79 Å². The van der Waals surface area contributed by atoms with E-state index in [1.54, 1.807) is 0 Å². The van der Waals surface area contributed by atoms with Crippen molar-refractivity contribution < 1.29 is 4.79 Å². The smallest absolute Gasteiger partial charge is 0.244 e. The van der Waals surface area contributed by atoms with Crippen LogP contribution < -0.4 is 5.32 Å². The molecular formula is C19H20BrN5O. The number of aryl methyl sites for hydroxylation is 1. The Morgan fingerprint density at radius 1 is 1.15 bits per heavy atom. The summed E-state index contributed by atoms with van der Waals surface area (Å²) in [6.07, 6.45) is 1.000. The zero-order valence-corrected chi connectivity index (χ0v) is 16.3. The van der Waals surface area contributed by atoms with Crippen LogP contribution in [0.4, 0.5) is 0 Å². The molecule has 1 amide bonds. The molecule has 0 aliphatic heterocycles. The van der Waals surface area contributed by atoms with Crippen LogP contribution in [0.15, 0.2) is 53.0 Å². The second-order valence-electron chi connectivity index (χ2n) is 6.03. The fraction of sp³-hybridized carbons (Fsp3) is 0.263. The Bertz CT molecular complexity index is 874. The van der Waals surface area contributed by atoms with Gasteiger partial charge in [-0.05, 0) is 54.0 Å². The molecule has 1 aromatic heterocycles. The summed E-state index contributed by atoms with van der Waals surface area (Å²) in [6, 6.07) is 15.8. The van der Waals surface area contributed by atoms with Gasteiger partial charge < -0.3 is 5.32 Å². The van der Waals surface area contributed by atoms with E-state index < -0.39 is 0 Å². The molecule has 2 aromatic carbocycles. The molecule has 0 fully saturated rings. The summed E-state index contributed by atoms with van der Waals surface area (Å²) >= 11 is 3.39. The summed E-state index contributed by atoms with van der Waals surface area (Å²) < 4.78 is 0.981. The lowest BCUT2D eigenvalue weighted by Gasteiger charge is -2.14. The lowest BCUT2D eigenvalue weighted by atomic mass is 10.1. The quantitative estimate of drug-likeness (QED) is 0.670. The minimum atomic E-state index is -0.156. The van der Waals surface area contributed by atoms with Gasteiger partial charge >= 0.3 is 0 Å². The van der Waals surface area contributed by atoms with Crippen molar-refractivity contribution in [1.29, 1.82) is 0 Å². The maximum atomic E-state index is 12.3. The van der Waals surface area contributed by atoms with Crippen LogP contribution in [0.2, 0.25) is 0 Å². The zero-order chi connectivity index (χ0) is 18.5. The van der Waals surface area contributed by atoms with Crippen molar-refractivity contribution in [2.75, 3.05) is 0 Å². The Balaban J connectivity index is 1.60. The second kappa shape index (κ2) is 8.23. The van der Waals surface area contributed by atoms with Gasteiger partial charge in [-0.1, -0.05) is 47.1 Å². The topological polar surface area (TPSA) is 72.7 Å². The van der Waals surface area contributed by atoms with Gasteiger partial charge in [0, 0.05) is 10.0 Å². The number of carbonyl (C=O) groups is 1. The van der Waals surface area contributed by atoms with Crippen molar-refractivity contribution >= 4 is 21.8 Å². The lowest BCUT2D eigenvalue weighted by Crippen LogP contribution is -2.30. The van der Waals surface area contributed by atoms with Gasteiger partial charge in [-0.25, -0.2) is 0 Å². The van der Waals surface area contributed by atoms with Crippen LogP contribution in [0.3, 0.4) is 0 Å². The van der Waals surface area contributed by atoms with E-state index in [4.69, 9.17) is 0 Å². The van der Waals surface area contributed by atoms with Crippen molar-refractivity contribution in [3.63, 3.8) is 0 Å². The molecular weight excluding hydrogens is 394 g/mol. The Morgan fingerprint density at radius 3 is 2.50 bits per heavy atom. The highest BCUT2D eigenvalue weighted by Crippen LogP contribution is 2.17. The molecule has 0 saturated heterocycles. The van der Waals surface area contributed by atoms with E-state index in [0.717, 1.165) is 22.0 Å². The van der Waals surface area contributed by atoms with Crippen molar-refractivity contribution in [2.45, 2.75) is 32.9 Å². The van der Waals surface area contributed by atoms with E-state index in [1.807, 2.05) is 43.3 Å². The van der Waals surface area contributed by atoms with Crippen molar-refractivity contribution in [2.24, 2.45) is 0 Å². The molecule has 1 heterocycles. The number of carbonyl (C=O) groups excluding carboxylic acids is 1. The number of tetrazole rings is 1. The van der Waals surface area contributed by atoms with E-state index in [0.29, 0.717) is 5.82 Å². The summed E-state index contributed by atoms with van der Waals surface area (Å²) in [4.78, 5) is 13.6. The summed E-state index contributed by atoms with van der Waals surface area (Å²) in [6.45, 7) is 4.11. The average Bonchev–Trinajstić information content (AvgIpc) is 3.10. The van der Waals surface area contributed by atoms with E-state index in [-0.39, 0.29) is 18.5 Å². The fourth-order valence-electron chi connectivity index (χ4n) is 2.57. The van der Waals surface area contributed by atoms with Crippen LogP contribution in [-0.2, 0) is 17.8 Å². The SMILES string of the molecule is CCc1ccc([C@H](C)NC(=O)Cn2nnc(-c3ccc(Br)cc3)n2)cc1. The number of nitrogens with one attached hydrogen (secondary N) is 1. The molecule has 1 N–H and O–H groups in total. The number of aromatic nitrogens is 4. The summed E-state index contributed by atoms with van der Waals surface area (Å²) in [5.74, 6) is 0.338. The van der Waals surface area contributed by atoms with Gasteiger partial charge in [0.15, 0.2) is 0 Å². The van der Waals surface area contributed by atoms with Gasteiger partial charge in [-0.3, -0.25) is 4.79 Å². The van der Waals surface area contributed by atoms with E-state index >= 15 is 0 Å². The van der Waals surface area contributed by atoms with Crippen molar-refractivity contribution in [3.05, 3.63) is 64.1 Å². The maximum absolute atomic E-state index is 12.3. The fourth-order valence-corrected chi connectivity index (χ4v) is 2.83. The van der Waals surface area contributed by atoms with E-state index in [2.05, 4.69) is 55.7 Å². The third kappa shape index (κ3) is 4.54. The highest BCUT2D eigenvalue weighted by molar-refractivity contribution is 9.10. The van der Waals surface area contributed by atoms with Crippen LogP contribution in [-0.4, -0.2) is 26.1 Å². The first kappa shape index (κ1) is 18.3. The molecule has 3 rings (SSSR count). The van der Waals surface area contributed by atoms with Gasteiger partial charge in [0.2, 0.25) is 11.7 Å². The Labute approximate surface area is 160 Å². The minimum absolute atomic E-state index is 0.0287. The predicted octanol–water partition coefficient (Wildman–Crippen LogP) is 3.54. The van der Waals surface area contributed by atoms with Gasteiger partial charge in [0.1, 0.15) is 6.54 Å². The minimum Gasteiger partial charge on any atom is -0.348 e. The van der Waals surface area contributed by atoms with Crippen molar-refractivity contribution in [1.82, 2.24) is 25.5 Å². The first-order valence-electron chi connectivity index (χ1n) is 8.47. The molecule has 0 unspecified atom stereocenters. The molecule has 0 aliphatic rings.